The molecule has 4 N–H and O–H groups in total. The van der Waals surface area contributed by atoms with Crippen molar-refractivity contribution in [3.05, 3.63) is 24.3 Å². The molecule has 0 saturated carbocycles. The van der Waals surface area contributed by atoms with Crippen LogP contribution in [0.1, 0.15) is 0 Å². The van der Waals surface area contributed by atoms with E-state index in [1.54, 1.807) is 24.3 Å². The van der Waals surface area contributed by atoms with Crippen molar-refractivity contribution in [2.45, 2.75) is 0 Å². The zero-order chi connectivity index (χ0) is 8.81. The van der Waals surface area contributed by atoms with Crippen LogP contribution in [-0.2, 0) is 0 Å². The topological polar surface area (TPSA) is 101 Å². The summed E-state index contributed by atoms with van der Waals surface area (Å²) in [6, 6.07) is 7.00. The molecule has 1 aromatic rings. The molecule has 0 aliphatic heterocycles. The highest BCUT2D eigenvalue weighted by atomic mass is 15.3. The van der Waals surface area contributed by atoms with Gasteiger partial charge >= 0.3 is 0 Å². The molecule has 62 valence electrons. The summed E-state index contributed by atoms with van der Waals surface area (Å²) in [5.74, 6) is 9.76. The highest BCUT2D eigenvalue weighted by Gasteiger charge is 1.96. The van der Waals surface area contributed by atoms with Crippen molar-refractivity contribution in [1.82, 2.24) is 0 Å². The first-order valence-electron chi connectivity index (χ1n) is 3.19. The molecule has 0 heterocycles. The SMILES string of the molecule is NN=Nc1ccccc1N=NN. The van der Waals surface area contributed by atoms with Crippen molar-refractivity contribution >= 4 is 11.4 Å². The van der Waals surface area contributed by atoms with Gasteiger partial charge in [-0.3, -0.25) is 0 Å². The molecule has 6 heteroatoms. The van der Waals surface area contributed by atoms with Gasteiger partial charge in [0.05, 0.1) is 0 Å². The van der Waals surface area contributed by atoms with Crippen LogP contribution in [0, 0.1) is 0 Å². The van der Waals surface area contributed by atoms with Gasteiger partial charge in [0.15, 0.2) is 0 Å². The maximum atomic E-state index is 4.88. The molecule has 0 aromatic heterocycles. The van der Waals surface area contributed by atoms with Crippen LogP contribution in [0.2, 0.25) is 0 Å². The molecule has 1 aromatic carbocycles. The third-order valence-corrected chi connectivity index (χ3v) is 1.21. The van der Waals surface area contributed by atoms with Crippen LogP contribution >= 0.6 is 0 Å². The molecule has 0 aliphatic rings. The Balaban J connectivity index is 3.08. The number of nitrogens with two attached hydrogens (primary N) is 2. The Morgan fingerprint density at radius 1 is 0.833 bits per heavy atom. The average molecular weight is 164 g/mol. The first-order valence-corrected chi connectivity index (χ1v) is 3.19. The molecule has 0 saturated heterocycles. The summed E-state index contributed by atoms with van der Waals surface area (Å²) in [7, 11) is 0. The molecule has 12 heavy (non-hydrogen) atoms. The van der Waals surface area contributed by atoms with E-state index in [4.69, 9.17) is 11.7 Å². The van der Waals surface area contributed by atoms with Gasteiger partial charge in [0, 0.05) is 0 Å². The lowest BCUT2D eigenvalue weighted by Gasteiger charge is -1.94. The molecule has 0 amide bonds. The lowest BCUT2D eigenvalue weighted by Crippen LogP contribution is -1.76. The van der Waals surface area contributed by atoms with Gasteiger partial charge in [-0.05, 0) is 12.1 Å². The van der Waals surface area contributed by atoms with Gasteiger partial charge in [-0.25, -0.2) is 0 Å². The number of hydrogen-bond donors (Lipinski definition) is 2. The zero-order valence-corrected chi connectivity index (χ0v) is 6.25. The van der Waals surface area contributed by atoms with Gasteiger partial charge in [-0.2, -0.15) is 0 Å². The number of rotatable bonds is 2. The van der Waals surface area contributed by atoms with E-state index in [-0.39, 0.29) is 0 Å². The van der Waals surface area contributed by atoms with E-state index in [0.29, 0.717) is 11.4 Å². The summed E-state index contributed by atoms with van der Waals surface area (Å²) >= 11 is 0. The van der Waals surface area contributed by atoms with Crippen LogP contribution in [0.5, 0.6) is 0 Å². The average Bonchev–Trinajstić information content (AvgIpc) is 2.09. The van der Waals surface area contributed by atoms with Crippen LogP contribution < -0.4 is 11.7 Å². The minimum absolute atomic E-state index is 0.536. The second kappa shape index (κ2) is 4.02. The van der Waals surface area contributed by atoms with E-state index >= 15 is 0 Å². The molecular weight excluding hydrogens is 156 g/mol. The smallest absolute Gasteiger partial charge is 0.115 e. The second-order valence-electron chi connectivity index (χ2n) is 1.92. The summed E-state index contributed by atoms with van der Waals surface area (Å²) in [5.41, 5.74) is 1.07. The van der Waals surface area contributed by atoms with Crippen LogP contribution in [0.15, 0.2) is 44.9 Å². The quantitative estimate of drug-likeness (QED) is 0.394. The van der Waals surface area contributed by atoms with Crippen molar-refractivity contribution < 1.29 is 0 Å². The molecule has 0 unspecified atom stereocenters. The standard InChI is InChI=1S/C6H8N6/c7-11-9-5-3-1-2-4-6(5)10-12-8/h1-4H,(H2,7,9)(H2,8,10). The summed E-state index contributed by atoms with van der Waals surface area (Å²) < 4.78 is 0. The maximum Gasteiger partial charge on any atom is 0.115 e. The molecule has 0 fully saturated rings. The Morgan fingerprint density at radius 3 is 1.58 bits per heavy atom. The lowest BCUT2D eigenvalue weighted by molar-refractivity contribution is 1.03. The molecule has 6 nitrogen and oxygen atoms in total. The van der Waals surface area contributed by atoms with E-state index in [1.807, 2.05) is 0 Å². The number of hydrogen-bond acceptors (Lipinski definition) is 4. The fourth-order valence-electron chi connectivity index (χ4n) is 0.758. The van der Waals surface area contributed by atoms with E-state index in [0.717, 1.165) is 0 Å². The van der Waals surface area contributed by atoms with E-state index < -0.39 is 0 Å². The Hall–Kier alpha value is -1.98. The van der Waals surface area contributed by atoms with Crippen LogP contribution in [-0.4, -0.2) is 0 Å². The van der Waals surface area contributed by atoms with Gasteiger partial charge in [-0.15, -0.1) is 10.2 Å². The first-order chi connectivity index (χ1) is 5.88. The van der Waals surface area contributed by atoms with E-state index in [9.17, 15) is 0 Å². The minimum Gasteiger partial charge on any atom is -0.305 e. The summed E-state index contributed by atoms with van der Waals surface area (Å²) in [5, 5.41) is 13.5. The van der Waals surface area contributed by atoms with Crippen LogP contribution in [0.3, 0.4) is 0 Å². The Kier molecular flexibility index (Phi) is 2.72. The highest BCUT2D eigenvalue weighted by Crippen LogP contribution is 2.26. The van der Waals surface area contributed by atoms with Gasteiger partial charge in [0.2, 0.25) is 0 Å². The number of benzene rings is 1. The summed E-state index contributed by atoms with van der Waals surface area (Å²) in [4.78, 5) is 0. The van der Waals surface area contributed by atoms with Crippen LogP contribution in [0.4, 0.5) is 11.4 Å². The third-order valence-electron chi connectivity index (χ3n) is 1.21. The fraction of sp³-hybridized carbons (Fsp3) is 0. The Bertz CT molecular complexity index is 274. The summed E-state index contributed by atoms with van der Waals surface area (Å²) in [6.07, 6.45) is 0. The van der Waals surface area contributed by atoms with Crippen molar-refractivity contribution in [2.24, 2.45) is 32.4 Å². The van der Waals surface area contributed by atoms with Crippen molar-refractivity contribution in [1.29, 1.82) is 0 Å². The molecule has 0 radical (unpaired) electrons. The zero-order valence-electron chi connectivity index (χ0n) is 6.25. The van der Waals surface area contributed by atoms with E-state index in [1.165, 1.54) is 0 Å². The molecule has 0 atom stereocenters. The maximum absolute atomic E-state index is 4.88. The Morgan fingerprint density at radius 2 is 1.25 bits per heavy atom. The van der Waals surface area contributed by atoms with Crippen molar-refractivity contribution in [3.8, 4) is 0 Å². The van der Waals surface area contributed by atoms with Crippen molar-refractivity contribution in [2.75, 3.05) is 0 Å². The van der Waals surface area contributed by atoms with Gasteiger partial charge < -0.3 is 11.7 Å². The fourth-order valence-corrected chi connectivity index (χ4v) is 0.758. The van der Waals surface area contributed by atoms with Gasteiger partial charge in [-0.1, -0.05) is 22.6 Å². The van der Waals surface area contributed by atoms with Crippen LogP contribution in [0.25, 0.3) is 0 Å². The Labute approximate surface area is 68.9 Å². The van der Waals surface area contributed by atoms with E-state index in [2.05, 4.69) is 20.7 Å². The van der Waals surface area contributed by atoms with Gasteiger partial charge in [0.25, 0.3) is 0 Å². The highest BCUT2D eigenvalue weighted by molar-refractivity contribution is 5.60. The molecular formula is C6H8N6. The molecule has 0 aliphatic carbocycles. The van der Waals surface area contributed by atoms with Gasteiger partial charge in [0.1, 0.15) is 11.4 Å². The normalized spacial score (nSPS) is 11.3. The largest absolute Gasteiger partial charge is 0.305 e. The lowest BCUT2D eigenvalue weighted by atomic mass is 10.3. The predicted octanol–water partition coefficient (Wildman–Crippen LogP) is 1.60. The van der Waals surface area contributed by atoms with Crippen molar-refractivity contribution in [3.63, 3.8) is 0 Å². The molecule has 0 bridgehead atoms. The first kappa shape index (κ1) is 8.12. The summed E-state index contributed by atoms with van der Waals surface area (Å²) in [6.45, 7) is 0. The number of nitrogens with zero attached hydrogens (tertiary/aromatic N) is 4. The third kappa shape index (κ3) is 1.75. The predicted molar refractivity (Wildman–Crippen MR) is 43.8 cm³/mol. The second-order valence-corrected chi connectivity index (χ2v) is 1.92. The molecule has 0 spiro atoms. The molecule has 1 rings (SSSR count). The monoisotopic (exact) mass is 164 g/mol. The minimum atomic E-state index is 0.536.